The summed E-state index contributed by atoms with van der Waals surface area (Å²) >= 11 is 0. The van der Waals surface area contributed by atoms with E-state index in [0.717, 1.165) is 24.2 Å². The molecule has 0 unspecified atom stereocenters. The predicted octanol–water partition coefficient (Wildman–Crippen LogP) is 6.40. The molecule has 0 heterocycles. The maximum atomic E-state index is 13.7. The second kappa shape index (κ2) is 8.30. The molecule has 0 aliphatic heterocycles. The summed E-state index contributed by atoms with van der Waals surface area (Å²) in [7, 11) is 0. The van der Waals surface area contributed by atoms with Gasteiger partial charge >= 0.3 is 0 Å². The Balaban J connectivity index is 1.46. The zero-order valence-corrected chi connectivity index (χ0v) is 15.2. The van der Waals surface area contributed by atoms with Gasteiger partial charge in [-0.2, -0.15) is 5.26 Å². The van der Waals surface area contributed by atoms with Gasteiger partial charge in [-0.25, -0.2) is 8.78 Å². The molecule has 3 rings (SSSR count). The SMILES string of the molecule is CC1CCC(C2CCC(CCc3cc(F)c(C#N)c(F)c3)CC2)CC1. The molecule has 0 aromatic heterocycles. The van der Waals surface area contributed by atoms with E-state index in [1.807, 2.05) is 0 Å². The van der Waals surface area contributed by atoms with Gasteiger partial charge in [0, 0.05) is 0 Å². The van der Waals surface area contributed by atoms with E-state index in [1.54, 1.807) is 6.07 Å². The smallest absolute Gasteiger partial charge is 0.144 e. The van der Waals surface area contributed by atoms with Crippen LogP contribution in [0.15, 0.2) is 12.1 Å². The topological polar surface area (TPSA) is 23.8 Å². The van der Waals surface area contributed by atoms with Crippen LogP contribution >= 0.6 is 0 Å². The van der Waals surface area contributed by atoms with E-state index < -0.39 is 17.2 Å². The van der Waals surface area contributed by atoms with Gasteiger partial charge in [-0.3, -0.25) is 0 Å². The van der Waals surface area contributed by atoms with E-state index in [0.29, 0.717) is 17.9 Å². The minimum absolute atomic E-state index is 0.467. The first-order valence-corrected chi connectivity index (χ1v) is 9.94. The van der Waals surface area contributed by atoms with Gasteiger partial charge in [0.2, 0.25) is 0 Å². The summed E-state index contributed by atoms with van der Waals surface area (Å²) in [5.74, 6) is 1.99. The largest absolute Gasteiger partial charge is 0.205 e. The van der Waals surface area contributed by atoms with Gasteiger partial charge in [0.05, 0.1) is 0 Å². The van der Waals surface area contributed by atoms with Crippen LogP contribution in [0.25, 0.3) is 0 Å². The normalized spacial score (nSPS) is 30.0. The summed E-state index contributed by atoms with van der Waals surface area (Å²) < 4.78 is 27.4. The third kappa shape index (κ3) is 4.60. The summed E-state index contributed by atoms with van der Waals surface area (Å²) in [6.07, 6.45) is 12.5. The average Bonchev–Trinajstić information content (AvgIpc) is 2.61. The molecule has 0 bridgehead atoms. The Morgan fingerprint density at radius 2 is 1.44 bits per heavy atom. The molecule has 0 atom stereocenters. The number of rotatable bonds is 4. The first kappa shape index (κ1) is 18.4. The van der Waals surface area contributed by atoms with Crippen molar-refractivity contribution < 1.29 is 8.78 Å². The van der Waals surface area contributed by atoms with Gasteiger partial charge in [-0.1, -0.05) is 32.6 Å². The van der Waals surface area contributed by atoms with Crippen LogP contribution in [0.5, 0.6) is 0 Å². The van der Waals surface area contributed by atoms with E-state index >= 15 is 0 Å². The Labute approximate surface area is 150 Å². The lowest BCUT2D eigenvalue weighted by molar-refractivity contribution is 0.148. The molecule has 0 N–H and O–H groups in total. The number of benzene rings is 1. The van der Waals surface area contributed by atoms with Crippen LogP contribution < -0.4 is 0 Å². The standard InChI is InChI=1S/C22H29F2N/c1-15-2-8-18(9-3-15)19-10-6-16(7-11-19)4-5-17-12-21(23)20(14-25)22(24)13-17/h12-13,15-16,18-19H,2-11H2,1H3. The number of halogens is 2. The van der Waals surface area contributed by atoms with Gasteiger partial charge in [0.1, 0.15) is 23.3 Å². The van der Waals surface area contributed by atoms with Crippen molar-refractivity contribution in [2.75, 3.05) is 0 Å². The maximum Gasteiger partial charge on any atom is 0.144 e. The van der Waals surface area contributed by atoms with Crippen molar-refractivity contribution >= 4 is 0 Å². The fraction of sp³-hybridized carbons (Fsp3) is 0.682. The predicted molar refractivity (Wildman–Crippen MR) is 96.0 cm³/mol. The number of hydrogen-bond donors (Lipinski definition) is 0. The van der Waals surface area contributed by atoms with Gasteiger partial charge in [-0.15, -0.1) is 0 Å². The molecule has 25 heavy (non-hydrogen) atoms. The molecule has 0 amide bonds. The number of aryl methyl sites for hydroxylation is 1. The van der Waals surface area contributed by atoms with Crippen LogP contribution in [-0.2, 0) is 6.42 Å². The molecule has 0 spiro atoms. The van der Waals surface area contributed by atoms with Gasteiger partial charge in [0.25, 0.3) is 0 Å². The van der Waals surface area contributed by atoms with Crippen molar-refractivity contribution in [3.05, 3.63) is 34.9 Å². The lowest BCUT2D eigenvalue weighted by Gasteiger charge is -2.37. The Hall–Kier alpha value is -1.43. The Morgan fingerprint density at radius 3 is 1.96 bits per heavy atom. The van der Waals surface area contributed by atoms with Crippen LogP contribution in [0, 0.1) is 46.6 Å². The average molecular weight is 345 g/mol. The van der Waals surface area contributed by atoms with Crippen molar-refractivity contribution in [2.45, 2.75) is 71.1 Å². The molecule has 2 aliphatic rings. The third-order valence-electron chi connectivity index (χ3n) is 6.67. The quantitative estimate of drug-likeness (QED) is 0.619. The molecule has 1 aromatic rings. The number of nitrogens with zero attached hydrogens (tertiary/aromatic N) is 1. The fourth-order valence-electron chi connectivity index (χ4n) is 4.95. The summed E-state index contributed by atoms with van der Waals surface area (Å²) in [6, 6.07) is 4.24. The van der Waals surface area contributed by atoms with Crippen molar-refractivity contribution in [1.29, 1.82) is 5.26 Å². The molecule has 2 fully saturated rings. The van der Waals surface area contributed by atoms with E-state index in [2.05, 4.69) is 6.92 Å². The van der Waals surface area contributed by atoms with Crippen molar-refractivity contribution in [3.63, 3.8) is 0 Å². The van der Waals surface area contributed by atoms with Gasteiger partial charge in [-0.05, 0) is 79.9 Å². The molecule has 0 radical (unpaired) electrons. The minimum atomic E-state index is -0.729. The lowest BCUT2D eigenvalue weighted by atomic mass is 9.69. The van der Waals surface area contributed by atoms with Crippen LogP contribution in [0.2, 0.25) is 0 Å². The van der Waals surface area contributed by atoms with E-state index in [1.165, 1.54) is 63.5 Å². The van der Waals surface area contributed by atoms with Gasteiger partial charge in [0.15, 0.2) is 0 Å². The molecule has 3 heteroatoms. The highest BCUT2D eigenvalue weighted by Crippen LogP contribution is 2.42. The van der Waals surface area contributed by atoms with E-state index in [4.69, 9.17) is 5.26 Å². The van der Waals surface area contributed by atoms with Crippen molar-refractivity contribution in [2.24, 2.45) is 23.7 Å². The summed E-state index contributed by atoms with van der Waals surface area (Å²) in [6.45, 7) is 2.38. The fourth-order valence-corrected chi connectivity index (χ4v) is 4.95. The van der Waals surface area contributed by atoms with Crippen molar-refractivity contribution in [3.8, 4) is 6.07 Å². The zero-order chi connectivity index (χ0) is 17.8. The maximum absolute atomic E-state index is 13.7. The highest BCUT2D eigenvalue weighted by atomic mass is 19.1. The Morgan fingerprint density at radius 1 is 0.920 bits per heavy atom. The summed E-state index contributed by atoms with van der Waals surface area (Å²) in [5, 5.41) is 8.74. The van der Waals surface area contributed by atoms with Crippen LogP contribution in [0.4, 0.5) is 8.78 Å². The molecule has 0 saturated heterocycles. The van der Waals surface area contributed by atoms with Crippen LogP contribution in [0.1, 0.15) is 75.8 Å². The molecule has 2 aliphatic carbocycles. The van der Waals surface area contributed by atoms with E-state index in [-0.39, 0.29) is 0 Å². The molecular formula is C22H29F2N. The Kier molecular flexibility index (Phi) is 6.10. The molecule has 1 aromatic carbocycles. The molecule has 1 nitrogen and oxygen atoms in total. The first-order chi connectivity index (χ1) is 12.1. The third-order valence-corrected chi connectivity index (χ3v) is 6.67. The summed E-state index contributed by atoms with van der Waals surface area (Å²) in [5.41, 5.74) is 0.212. The number of nitriles is 1. The zero-order valence-electron chi connectivity index (χ0n) is 15.2. The van der Waals surface area contributed by atoms with E-state index in [9.17, 15) is 8.78 Å². The lowest BCUT2D eigenvalue weighted by Crippen LogP contribution is -2.25. The minimum Gasteiger partial charge on any atom is -0.205 e. The van der Waals surface area contributed by atoms with Crippen LogP contribution in [-0.4, -0.2) is 0 Å². The van der Waals surface area contributed by atoms with Gasteiger partial charge < -0.3 is 0 Å². The van der Waals surface area contributed by atoms with Crippen molar-refractivity contribution in [1.82, 2.24) is 0 Å². The molecule has 136 valence electrons. The molecular weight excluding hydrogens is 316 g/mol. The Bertz CT molecular complexity index is 594. The molecule has 2 saturated carbocycles. The summed E-state index contributed by atoms with van der Waals surface area (Å²) in [4.78, 5) is 0. The second-order valence-electron chi connectivity index (χ2n) is 8.39. The number of hydrogen-bond acceptors (Lipinski definition) is 1. The second-order valence-corrected chi connectivity index (χ2v) is 8.39. The highest BCUT2D eigenvalue weighted by Gasteiger charge is 2.29. The monoisotopic (exact) mass is 345 g/mol. The highest BCUT2D eigenvalue weighted by molar-refractivity contribution is 5.35. The first-order valence-electron chi connectivity index (χ1n) is 9.94. The van der Waals surface area contributed by atoms with Crippen LogP contribution in [0.3, 0.4) is 0 Å².